The van der Waals surface area contributed by atoms with Gasteiger partial charge >= 0.3 is 0 Å². The van der Waals surface area contributed by atoms with Gasteiger partial charge in [0, 0.05) is 24.8 Å². The van der Waals surface area contributed by atoms with E-state index in [2.05, 4.69) is 15.8 Å². The summed E-state index contributed by atoms with van der Waals surface area (Å²) in [4.78, 5) is 2.96. The molecular weight excluding hydrogens is 128 g/mol. The maximum absolute atomic E-state index is 2.98. The lowest BCUT2D eigenvalue weighted by Crippen LogP contribution is -2.37. The molecule has 0 saturated carbocycles. The number of H-pyrrole nitrogens is 1. The second-order valence-electron chi connectivity index (χ2n) is 2.00. The summed E-state index contributed by atoms with van der Waals surface area (Å²) < 4.78 is 0. The van der Waals surface area contributed by atoms with E-state index >= 15 is 0 Å². The van der Waals surface area contributed by atoms with Crippen molar-refractivity contribution in [3.8, 4) is 0 Å². The van der Waals surface area contributed by atoms with Crippen molar-refractivity contribution in [3.05, 3.63) is 30.9 Å². The van der Waals surface area contributed by atoms with Crippen LogP contribution in [0.5, 0.6) is 0 Å². The highest BCUT2D eigenvalue weighted by Gasteiger charge is 2.04. The molecule has 52 valence electrons. The van der Waals surface area contributed by atoms with Gasteiger partial charge in [0.2, 0.25) is 0 Å². The Kier molecular flexibility index (Phi) is 1.04. The van der Waals surface area contributed by atoms with Crippen LogP contribution in [0.1, 0.15) is 0 Å². The summed E-state index contributed by atoms with van der Waals surface area (Å²) in [6.07, 6.45) is 7.42. The minimum absolute atomic E-state index is 1.06. The highest BCUT2D eigenvalue weighted by molar-refractivity contribution is 5.43. The summed E-state index contributed by atoms with van der Waals surface area (Å²) in [6, 6.07) is 1.97. The summed E-state index contributed by atoms with van der Waals surface area (Å²) in [5, 5.41) is 1.80. The highest BCUT2D eigenvalue weighted by Crippen LogP contribution is 2.08. The quantitative estimate of drug-likeness (QED) is 0.520. The molecule has 0 spiro atoms. The molecule has 1 aliphatic heterocycles. The van der Waals surface area contributed by atoms with Gasteiger partial charge in [-0.15, -0.1) is 0 Å². The number of rotatable bonds is 1. The van der Waals surface area contributed by atoms with Crippen molar-refractivity contribution in [1.82, 2.24) is 15.8 Å². The van der Waals surface area contributed by atoms with E-state index < -0.39 is 0 Å². The van der Waals surface area contributed by atoms with E-state index in [-0.39, 0.29) is 0 Å². The van der Waals surface area contributed by atoms with Crippen molar-refractivity contribution in [3.63, 3.8) is 0 Å². The molecule has 1 aliphatic rings. The first-order valence-electron chi connectivity index (χ1n) is 3.07. The molecule has 0 bridgehead atoms. The minimum Gasteiger partial charge on any atom is -0.366 e. The van der Waals surface area contributed by atoms with E-state index in [1.165, 1.54) is 0 Å². The van der Waals surface area contributed by atoms with Gasteiger partial charge < -0.3 is 4.98 Å². The summed E-state index contributed by atoms with van der Waals surface area (Å²) in [6.45, 7) is 0. The first-order valence-corrected chi connectivity index (χ1v) is 3.07. The summed E-state index contributed by atoms with van der Waals surface area (Å²) in [5.41, 5.74) is 7.02. The monoisotopic (exact) mass is 136 g/mol. The Morgan fingerprint density at radius 2 is 2.00 bits per heavy atom. The molecule has 0 saturated heterocycles. The Bertz CT molecular complexity index is 218. The normalized spacial score (nSPS) is 15.0. The van der Waals surface area contributed by atoms with E-state index in [4.69, 9.17) is 0 Å². The van der Waals surface area contributed by atoms with E-state index in [9.17, 15) is 0 Å². The van der Waals surface area contributed by atoms with Crippen LogP contribution >= 0.6 is 0 Å². The number of hydrogen-bond acceptors (Lipinski definition) is 3. The van der Waals surface area contributed by atoms with Gasteiger partial charge in [-0.2, -0.15) is 5.12 Å². The van der Waals surface area contributed by atoms with Crippen molar-refractivity contribution < 1.29 is 0 Å². The molecule has 4 nitrogen and oxygen atoms in total. The van der Waals surface area contributed by atoms with E-state index in [1.807, 2.05) is 30.9 Å². The topological polar surface area (TPSA) is 43.1 Å². The molecule has 0 aromatic carbocycles. The zero-order valence-corrected chi connectivity index (χ0v) is 5.33. The molecule has 2 heterocycles. The molecule has 10 heavy (non-hydrogen) atoms. The zero-order valence-electron chi connectivity index (χ0n) is 5.33. The largest absolute Gasteiger partial charge is 0.366 e. The van der Waals surface area contributed by atoms with Gasteiger partial charge in [0.05, 0.1) is 5.69 Å². The van der Waals surface area contributed by atoms with Gasteiger partial charge in [-0.1, -0.05) is 0 Å². The SMILES string of the molecule is C1=CNN(c2cc[nH]c2)N1. The van der Waals surface area contributed by atoms with E-state index in [0.29, 0.717) is 0 Å². The molecule has 4 heteroatoms. The van der Waals surface area contributed by atoms with Gasteiger partial charge in [0.1, 0.15) is 0 Å². The number of nitrogens with one attached hydrogen (secondary N) is 3. The molecule has 0 radical (unpaired) electrons. The van der Waals surface area contributed by atoms with Crippen molar-refractivity contribution in [1.29, 1.82) is 0 Å². The lowest BCUT2D eigenvalue weighted by molar-refractivity contribution is 0.730. The Labute approximate surface area is 58.5 Å². The van der Waals surface area contributed by atoms with Crippen molar-refractivity contribution in [2.24, 2.45) is 0 Å². The standard InChI is InChI=1S/C6H8N4/c1-2-7-5-6(1)10-8-3-4-9-10/h1-5,7-9H. The highest BCUT2D eigenvalue weighted by atomic mass is 15.7. The molecule has 0 aliphatic carbocycles. The molecule has 3 N–H and O–H groups in total. The summed E-state index contributed by atoms with van der Waals surface area (Å²) in [7, 11) is 0. The molecule has 1 aromatic heterocycles. The third kappa shape index (κ3) is 0.699. The molecule has 0 atom stereocenters. The maximum Gasteiger partial charge on any atom is 0.0985 e. The van der Waals surface area contributed by atoms with Crippen LogP contribution in [0.3, 0.4) is 0 Å². The smallest absolute Gasteiger partial charge is 0.0985 e. The molecule has 2 rings (SSSR count). The first kappa shape index (κ1) is 5.22. The second-order valence-corrected chi connectivity index (χ2v) is 2.00. The second kappa shape index (κ2) is 1.98. The lowest BCUT2D eigenvalue weighted by Gasteiger charge is -2.15. The maximum atomic E-state index is 2.98. The van der Waals surface area contributed by atoms with E-state index in [0.717, 1.165) is 5.69 Å². The average Bonchev–Trinajstić information content (AvgIpc) is 2.59. The van der Waals surface area contributed by atoms with Crippen LogP contribution in [0.15, 0.2) is 30.9 Å². The Balaban J connectivity index is 2.14. The van der Waals surface area contributed by atoms with Crippen LogP contribution in [0.25, 0.3) is 0 Å². The van der Waals surface area contributed by atoms with Crippen LogP contribution in [0.4, 0.5) is 5.69 Å². The van der Waals surface area contributed by atoms with Crippen molar-refractivity contribution in [2.45, 2.75) is 0 Å². The molecule has 0 fully saturated rings. The lowest BCUT2D eigenvalue weighted by atomic mass is 10.5. The van der Waals surface area contributed by atoms with Gasteiger partial charge in [-0.3, -0.25) is 10.9 Å². The van der Waals surface area contributed by atoms with Crippen LogP contribution < -0.4 is 16.0 Å². The van der Waals surface area contributed by atoms with Crippen LogP contribution in [-0.4, -0.2) is 4.98 Å². The number of hydrogen-bond donors (Lipinski definition) is 3. The van der Waals surface area contributed by atoms with Crippen molar-refractivity contribution in [2.75, 3.05) is 5.12 Å². The van der Waals surface area contributed by atoms with Crippen LogP contribution in [0, 0.1) is 0 Å². The fourth-order valence-electron chi connectivity index (χ4n) is 0.864. The predicted octanol–water partition coefficient (Wildman–Crippen LogP) is 0.315. The number of aromatic amines is 1. The number of nitrogens with zero attached hydrogens (tertiary/aromatic N) is 1. The Hall–Kier alpha value is -1.58. The number of anilines is 1. The van der Waals surface area contributed by atoms with Crippen LogP contribution in [-0.2, 0) is 0 Å². The minimum atomic E-state index is 1.06. The molecule has 1 aromatic rings. The fraction of sp³-hybridized carbons (Fsp3) is 0. The van der Waals surface area contributed by atoms with Gasteiger partial charge in [-0.05, 0) is 6.07 Å². The van der Waals surface area contributed by atoms with Gasteiger partial charge in [0.15, 0.2) is 0 Å². The predicted molar refractivity (Wildman–Crippen MR) is 38.7 cm³/mol. The van der Waals surface area contributed by atoms with E-state index in [1.54, 1.807) is 5.12 Å². The Morgan fingerprint density at radius 3 is 2.60 bits per heavy atom. The number of hydrazine groups is 2. The Morgan fingerprint density at radius 1 is 1.20 bits per heavy atom. The number of aromatic nitrogens is 1. The average molecular weight is 136 g/mol. The molecular formula is C6H8N4. The third-order valence-electron chi connectivity index (χ3n) is 1.33. The van der Waals surface area contributed by atoms with Crippen molar-refractivity contribution >= 4 is 5.69 Å². The van der Waals surface area contributed by atoms with Gasteiger partial charge in [0.25, 0.3) is 0 Å². The van der Waals surface area contributed by atoms with Crippen LogP contribution in [0.2, 0.25) is 0 Å². The summed E-state index contributed by atoms with van der Waals surface area (Å²) in [5.74, 6) is 0. The molecule has 0 amide bonds. The summed E-state index contributed by atoms with van der Waals surface area (Å²) >= 11 is 0. The van der Waals surface area contributed by atoms with Gasteiger partial charge in [-0.25, -0.2) is 0 Å². The first-order chi connectivity index (χ1) is 4.97. The fourth-order valence-corrected chi connectivity index (χ4v) is 0.864. The molecule has 0 unspecified atom stereocenters. The third-order valence-corrected chi connectivity index (χ3v) is 1.33. The zero-order chi connectivity index (χ0) is 6.81.